The Hall–Kier alpha value is -3.59. The summed E-state index contributed by atoms with van der Waals surface area (Å²) in [5.74, 6) is 0. The van der Waals surface area contributed by atoms with Crippen molar-refractivity contribution < 1.29 is 30.5 Å². The van der Waals surface area contributed by atoms with E-state index in [2.05, 4.69) is 10.2 Å². The van der Waals surface area contributed by atoms with E-state index in [9.17, 15) is 30.5 Å². The first-order valence-electron chi connectivity index (χ1n) is 10.9. The van der Waals surface area contributed by atoms with Crippen molar-refractivity contribution in [3.63, 3.8) is 0 Å². The maximum atomic E-state index is 12.3. The molecule has 38 heavy (non-hydrogen) atoms. The molecule has 0 aliphatic rings. The summed E-state index contributed by atoms with van der Waals surface area (Å²) in [6.07, 6.45) is 2.90. The highest BCUT2D eigenvalue weighted by atomic mass is 32.2. The van der Waals surface area contributed by atoms with E-state index in [1.54, 1.807) is 55.5 Å². The predicted molar refractivity (Wildman–Crippen MR) is 144 cm³/mol. The van der Waals surface area contributed by atoms with Crippen LogP contribution in [-0.2, 0) is 32.3 Å². The van der Waals surface area contributed by atoms with E-state index in [4.69, 9.17) is 0 Å². The van der Waals surface area contributed by atoms with E-state index < -0.39 is 37.2 Å². The van der Waals surface area contributed by atoms with Crippen molar-refractivity contribution in [2.24, 2.45) is 0 Å². The third kappa shape index (κ3) is 4.95. The second kappa shape index (κ2) is 9.94. The highest BCUT2D eigenvalue weighted by Crippen LogP contribution is 2.30. The zero-order chi connectivity index (χ0) is 27.2. The van der Waals surface area contributed by atoms with E-state index in [0.717, 1.165) is 5.56 Å². The van der Waals surface area contributed by atoms with Crippen LogP contribution in [0, 0.1) is 6.92 Å². The fourth-order valence-corrected chi connectivity index (χ4v) is 6.00. The summed E-state index contributed by atoms with van der Waals surface area (Å²) in [6, 6.07) is 17.5. The summed E-state index contributed by atoms with van der Waals surface area (Å²) in [5.41, 5.74) is 2.30. The molecule has 0 spiro atoms. The Labute approximate surface area is 221 Å². The van der Waals surface area contributed by atoms with Crippen molar-refractivity contribution in [1.82, 2.24) is 15.0 Å². The van der Waals surface area contributed by atoms with Crippen molar-refractivity contribution >= 4 is 66.2 Å². The molecule has 0 radical (unpaired) electrons. The molecule has 1 aromatic heterocycles. The molecule has 13 heteroatoms. The van der Waals surface area contributed by atoms with Crippen molar-refractivity contribution in [1.29, 1.82) is 0 Å². The van der Waals surface area contributed by atoms with Gasteiger partial charge in [0, 0.05) is 10.8 Å². The fourth-order valence-electron chi connectivity index (χ4n) is 4.09. The lowest BCUT2D eigenvalue weighted by molar-refractivity contribution is 0.483. The molecule has 0 aliphatic heterocycles. The van der Waals surface area contributed by atoms with E-state index >= 15 is 0 Å². The van der Waals surface area contributed by atoms with Crippen LogP contribution in [0.15, 0.2) is 81.4 Å². The maximum Gasteiger partial charge on any atom is 0.295 e. The average molecular weight is 570 g/mol. The molecule has 0 aliphatic carbocycles. The van der Waals surface area contributed by atoms with Gasteiger partial charge in [0.15, 0.2) is 22.2 Å². The van der Waals surface area contributed by atoms with Gasteiger partial charge in [0.2, 0.25) is 0 Å². The van der Waals surface area contributed by atoms with Gasteiger partial charge in [0.25, 0.3) is 10.1 Å². The van der Waals surface area contributed by atoms with E-state index in [1.807, 2.05) is 0 Å². The molecule has 5 aromatic rings. The van der Waals surface area contributed by atoms with Gasteiger partial charge in [-0.15, -0.1) is 10.2 Å². The molecule has 5 rings (SSSR count). The molecule has 0 amide bonds. The summed E-state index contributed by atoms with van der Waals surface area (Å²) in [7, 11) is -4.69. The minimum Gasteiger partial charge on any atom is -0.302 e. The minimum atomic E-state index is -4.69. The smallest absolute Gasteiger partial charge is 0.295 e. The molecular weight excluding hydrogens is 550 g/mol. The highest BCUT2D eigenvalue weighted by Gasteiger charge is 2.19. The Morgan fingerprint density at radius 1 is 0.816 bits per heavy atom. The first-order valence-corrected chi connectivity index (χ1v) is 14.6. The lowest BCUT2D eigenvalue weighted by Gasteiger charge is -2.07. The second-order valence-electron chi connectivity index (χ2n) is 8.35. The van der Waals surface area contributed by atoms with Crippen LogP contribution in [0.4, 0.5) is 0 Å². The van der Waals surface area contributed by atoms with Crippen molar-refractivity contribution in [2.75, 3.05) is 0 Å². The molecule has 0 bridgehead atoms. The van der Waals surface area contributed by atoms with Crippen LogP contribution in [0.5, 0.6) is 0 Å². The van der Waals surface area contributed by atoms with Gasteiger partial charge in [-0.05, 0) is 47.9 Å². The van der Waals surface area contributed by atoms with Gasteiger partial charge in [-0.2, -0.15) is 13.2 Å². The second-order valence-corrected chi connectivity index (χ2v) is 11.6. The zero-order valence-electron chi connectivity index (χ0n) is 19.5. The highest BCUT2D eigenvalue weighted by molar-refractivity contribution is 7.86. The summed E-state index contributed by atoms with van der Waals surface area (Å²) in [5, 5.41) is 9.96. The van der Waals surface area contributed by atoms with Gasteiger partial charge in [-0.25, -0.2) is 8.42 Å². The van der Waals surface area contributed by atoms with Crippen LogP contribution < -0.4 is 0 Å². The molecule has 3 N–H and O–H groups in total. The van der Waals surface area contributed by atoms with Gasteiger partial charge in [0.1, 0.15) is 15.9 Å². The van der Waals surface area contributed by atoms with E-state index in [0.29, 0.717) is 27.4 Å². The molecule has 2 atom stereocenters. The molecule has 1 heterocycles. The lowest BCUT2D eigenvalue weighted by atomic mass is 10.1. The van der Waals surface area contributed by atoms with Crippen molar-refractivity contribution in [2.45, 2.75) is 21.6 Å². The van der Waals surface area contributed by atoms with Crippen LogP contribution in [0.25, 0.3) is 39.6 Å². The molecule has 2 unspecified atom stereocenters. The van der Waals surface area contributed by atoms with E-state index in [1.165, 1.54) is 35.1 Å². The number of aryl methyl sites for hydroxylation is 1. The largest absolute Gasteiger partial charge is 0.302 e. The van der Waals surface area contributed by atoms with Gasteiger partial charge in [-0.3, -0.25) is 4.55 Å². The Morgan fingerprint density at radius 3 is 2.16 bits per heavy atom. The van der Waals surface area contributed by atoms with Gasteiger partial charge in [0.05, 0.1) is 15.5 Å². The first kappa shape index (κ1) is 26.0. The van der Waals surface area contributed by atoms with Gasteiger partial charge >= 0.3 is 0 Å². The van der Waals surface area contributed by atoms with Gasteiger partial charge < -0.3 is 9.11 Å². The minimum absolute atomic E-state index is 0.131. The van der Waals surface area contributed by atoms with Crippen LogP contribution in [0.3, 0.4) is 0 Å². The molecule has 0 saturated carbocycles. The Kier molecular flexibility index (Phi) is 6.81. The normalized spacial score (nSPS) is 13.9. The topological polar surface area (TPSA) is 160 Å². The molecular formula is C25H19N3O7S3. The lowest BCUT2D eigenvalue weighted by Crippen LogP contribution is -2.05. The fraction of sp³-hybridized carbons (Fsp3) is 0.0400. The van der Waals surface area contributed by atoms with Gasteiger partial charge in [-0.1, -0.05) is 54.6 Å². The SMILES string of the molecule is Cc1ccc(C=Cc2ccc(-n3nc4cc(S(=O)O)c5ccccc5c4n3)cc2S(=O)(=O)O)c(S(=O)O)c1. The maximum absolute atomic E-state index is 12.3. The third-order valence-electron chi connectivity index (χ3n) is 5.85. The zero-order valence-corrected chi connectivity index (χ0v) is 22.0. The molecule has 4 aromatic carbocycles. The summed E-state index contributed by atoms with van der Waals surface area (Å²) in [4.78, 5) is 1.08. The molecule has 194 valence electrons. The number of hydrogen-bond acceptors (Lipinski definition) is 6. The summed E-state index contributed by atoms with van der Waals surface area (Å²) in [6.45, 7) is 1.78. The standard InChI is InChI=1S/C25H19N3O7S3/c1-15-6-7-16(22(12-15)36(29)30)8-9-17-10-11-18(13-24(17)38(33,34)35)28-26-21-14-23(37(31)32)19-4-2-3-5-20(19)25(21)27-28/h2-14H,1H3,(H,29,30)(H,31,32)(H,33,34,35). The monoisotopic (exact) mass is 569 g/mol. The number of rotatable bonds is 6. The van der Waals surface area contributed by atoms with Crippen molar-refractivity contribution in [3.8, 4) is 5.69 Å². The van der Waals surface area contributed by atoms with Crippen molar-refractivity contribution in [3.05, 3.63) is 83.4 Å². The number of benzene rings is 4. The number of fused-ring (bicyclic) bond motifs is 3. The number of aromatic nitrogens is 3. The number of nitrogens with zero attached hydrogens (tertiary/aromatic N) is 3. The first-order chi connectivity index (χ1) is 18.0. The summed E-state index contributed by atoms with van der Waals surface area (Å²) >= 11 is -4.53. The van der Waals surface area contributed by atoms with Crippen LogP contribution in [-0.4, -0.2) is 45.5 Å². The third-order valence-corrected chi connectivity index (χ3v) is 8.20. The summed E-state index contributed by atoms with van der Waals surface area (Å²) < 4.78 is 77.4. The predicted octanol–water partition coefficient (Wildman–Crippen LogP) is 4.46. The Morgan fingerprint density at radius 2 is 1.47 bits per heavy atom. The quantitative estimate of drug-likeness (QED) is 0.152. The Balaban J connectivity index is 1.63. The van der Waals surface area contributed by atoms with Crippen LogP contribution in [0.2, 0.25) is 0 Å². The van der Waals surface area contributed by atoms with E-state index in [-0.39, 0.29) is 21.0 Å². The Bertz CT molecular complexity index is 1930. The molecule has 0 saturated heterocycles. The average Bonchev–Trinajstić information content (AvgIpc) is 3.31. The number of hydrogen-bond donors (Lipinski definition) is 3. The van der Waals surface area contributed by atoms with Crippen LogP contribution in [0.1, 0.15) is 16.7 Å². The molecule has 10 nitrogen and oxygen atoms in total. The molecule has 0 fully saturated rings. The van der Waals surface area contributed by atoms with Crippen LogP contribution >= 0.6 is 0 Å².